The Hall–Kier alpha value is -4.48. The first kappa shape index (κ1) is 37.0. The number of hydrogen-bond acceptors (Lipinski definition) is 11. The molecule has 1 aliphatic rings. The van der Waals surface area contributed by atoms with Crippen molar-refractivity contribution >= 4 is 29.8 Å². The molecule has 12 nitrogen and oxygen atoms in total. The third kappa shape index (κ3) is 11.1. The summed E-state index contributed by atoms with van der Waals surface area (Å²) >= 11 is 0. The fourth-order valence-electron chi connectivity index (χ4n) is 5.04. The lowest BCUT2D eigenvalue weighted by Crippen LogP contribution is -2.47. The summed E-state index contributed by atoms with van der Waals surface area (Å²) in [5.41, 5.74) is 0.476. The molecule has 2 aromatic rings. The Bertz CT molecular complexity index is 1360. The van der Waals surface area contributed by atoms with Crippen LogP contribution in [0.5, 0.6) is 11.5 Å². The van der Waals surface area contributed by atoms with Gasteiger partial charge in [0.1, 0.15) is 18.6 Å². The fraction of sp³-hybridized carbons (Fsp3) is 0.543. The van der Waals surface area contributed by atoms with Gasteiger partial charge in [-0.1, -0.05) is 83.2 Å². The lowest BCUT2D eigenvalue weighted by atomic mass is 9.91. The van der Waals surface area contributed by atoms with E-state index in [1.54, 1.807) is 13.8 Å². The van der Waals surface area contributed by atoms with Gasteiger partial charge in [-0.25, -0.2) is 9.78 Å². The Morgan fingerprint density at radius 1 is 1.00 bits per heavy atom. The molecule has 1 aromatic heterocycles. The van der Waals surface area contributed by atoms with Crippen molar-refractivity contribution in [3.05, 3.63) is 53.9 Å². The quantitative estimate of drug-likeness (QED) is 0.160. The second-order valence-electron chi connectivity index (χ2n) is 11.8. The number of carbonyl (C=O) groups excluding carboxylic acids is 5. The second-order valence-corrected chi connectivity index (χ2v) is 11.8. The maximum absolute atomic E-state index is 13.5. The molecule has 0 radical (unpaired) electrons. The van der Waals surface area contributed by atoms with E-state index in [1.807, 2.05) is 30.3 Å². The number of carbonyl (C=O) groups is 5. The zero-order valence-electron chi connectivity index (χ0n) is 27.8. The zero-order chi connectivity index (χ0) is 34.3. The van der Waals surface area contributed by atoms with Crippen molar-refractivity contribution in [1.82, 2.24) is 10.3 Å². The van der Waals surface area contributed by atoms with Crippen LogP contribution in [-0.4, -0.2) is 66.7 Å². The Morgan fingerprint density at radius 3 is 2.38 bits per heavy atom. The predicted octanol–water partition coefficient (Wildman–Crippen LogP) is 4.76. The summed E-state index contributed by atoms with van der Waals surface area (Å²) in [5, 5.41) is 2.49. The highest BCUT2D eigenvalue weighted by molar-refractivity contribution is 5.99. The van der Waals surface area contributed by atoms with Gasteiger partial charge >= 0.3 is 23.9 Å². The van der Waals surface area contributed by atoms with E-state index in [4.69, 9.17) is 23.7 Å². The molecule has 1 fully saturated rings. The molecule has 0 saturated carbocycles. The molecular formula is C35H46N2O10. The van der Waals surface area contributed by atoms with Crippen LogP contribution in [0.15, 0.2) is 42.6 Å². The largest absolute Gasteiger partial charge is 0.493 e. The van der Waals surface area contributed by atoms with E-state index in [2.05, 4.69) is 17.2 Å². The van der Waals surface area contributed by atoms with Gasteiger partial charge in [0.25, 0.3) is 5.91 Å². The number of nitrogens with one attached hydrogen (secondary N) is 1. The van der Waals surface area contributed by atoms with Crippen molar-refractivity contribution in [2.75, 3.05) is 13.7 Å². The topological polar surface area (TPSA) is 156 Å². The summed E-state index contributed by atoms with van der Waals surface area (Å²) in [6.45, 7) is 6.37. The maximum Gasteiger partial charge on any atom is 0.332 e. The van der Waals surface area contributed by atoms with Gasteiger partial charge in [0.05, 0.1) is 13.0 Å². The second kappa shape index (κ2) is 18.6. The molecule has 0 spiro atoms. The first-order valence-corrected chi connectivity index (χ1v) is 16.2. The molecule has 0 bridgehead atoms. The average Bonchev–Trinajstić information content (AvgIpc) is 3.08. The monoisotopic (exact) mass is 654 g/mol. The van der Waals surface area contributed by atoms with Crippen molar-refractivity contribution in [3.63, 3.8) is 0 Å². The minimum Gasteiger partial charge on any atom is -0.493 e. The average molecular weight is 655 g/mol. The van der Waals surface area contributed by atoms with E-state index >= 15 is 0 Å². The molecule has 2 heterocycles. The first-order chi connectivity index (χ1) is 22.5. The Morgan fingerprint density at radius 2 is 1.70 bits per heavy atom. The molecule has 1 aliphatic heterocycles. The van der Waals surface area contributed by atoms with Gasteiger partial charge in [-0.2, -0.15) is 0 Å². The molecule has 47 heavy (non-hydrogen) atoms. The van der Waals surface area contributed by atoms with Gasteiger partial charge in [0.15, 0.2) is 23.6 Å². The normalized spacial score (nSPS) is 19.8. The molecule has 256 valence electrons. The summed E-state index contributed by atoms with van der Waals surface area (Å²) in [5.74, 6) is -5.29. The van der Waals surface area contributed by atoms with Gasteiger partial charge < -0.3 is 29.0 Å². The van der Waals surface area contributed by atoms with Crippen LogP contribution < -0.4 is 14.8 Å². The number of amides is 1. The Kier molecular flexibility index (Phi) is 14.6. The van der Waals surface area contributed by atoms with E-state index in [-0.39, 0.29) is 30.0 Å². The first-order valence-electron chi connectivity index (χ1n) is 16.2. The number of unbranched alkanes of at least 4 members (excludes halogenated alkanes) is 5. The van der Waals surface area contributed by atoms with Gasteiger partial charge in [-0.15, -0.1) is 0 Å². The van der Waals surface area contributed by atoms with Crippen LogP contribution >= 0.6 is 0 Å². The molecule has 0 aliphatic carbocycles. The third-order valence-electron chi connectivity index (χ3n) is 7.72. The minimum absolute atomic E-state index is 0.0945. The van der Waals surface area contributed by atoms with Crippen molar-refractivity contribution < 1.29 is 47.7 Å². The number of esters is 4. The highest BCUT2D eigenvalue weighted by Gasteiger charge is 2.42. The molecule has 1 aromatic carbocycles. The minimum atomic E-state index is -1.45. The van der Waals surface area contributed by atoms with Gasteiger partial charge in [0.2, 0.25) is 5.75 Å². The summed E-state index contributed by atoms with van der Waals surface area (Å²) in [6, 6.07) is 9.08. The third-order valence-corrected chi connectivity index (χ3v) is 7.72. The smallest absolute Gasteiger partial charge is 0.332 e. The van der Waals surface area contributed by atoms with Crippen LogP contribution in [0.3, 0.4) is 0 Å². The number of rotatable bonds is 15. The number of ether oxygens (including phenoxy) is 5. The molecule has 1 amide bonds. The van der Waals surface area contributed by atoms with E-state index in [1.165, 1.54) is 26.3 Å². The SMILES string of the molecule is CCCCCCCCC(=O)Oc1c(OC)ccnc1C(=O)N[C@H]1COC(=O)[C@H](Cc2ccccc2)C(OC(=O)C(C)C)[C@H](C)OC1=O. The lowest BCUT2D eigenvalue weighted by molar-refractivity contribution is -0.176. The highest BCUT2D eigenvalue weighted by atomic mass is 16.6. The van der Waals surface area contributed by atoms with Crippen molar-refractivity contribution in [2.24, 2.45) is 11.8 Å². The highest BCUT2D eigenvalue weighted by Crippen LogP contribution is 2.30. The summed E-state index contributed by atoms with van der Waals surface area (Å²) in [6.07, 6.45) is 5.23. The fourth-order valence-corrected chi connectivity index (χ4v) is 5.04. The number of benzene rings is 1. The molecule has 1 unspecified atom stereocenters. The van der Waals surface area contributed by atoms with E-state index in [0.29, 0.717) is 6.42 Å². The molecule has 1 saturated heterocycles. The summed E-state index contributed by atoms with van der Waals surface area (Å²) < 4.78 is 27.7. The summed E-state index contributed by atoms with van der Waals surface area (Å²) in [4.78, 5) is 69.7. The van der Waals surface area contributed by atoms with E-state index in [9.17, 15) is 24.0 Å². The van der Waals surface area contributed by atoms with E-state index in [0.717, 1.165) is 37.7 Å². The Balaban J connectivity index is 1.79. The van der Waals surface area contributed by atoms with Gasteiger partial charge in [0, 0.05) is 18.7 Å². The number of aromatic nitrogens is 1. The molecule has 1 N–H and O–H groups in total. The van der Waals surface area contributed by atoms with Crippen LogP contribution in [0.25, 0.3) is 0 Å². The van der Waals surface area contributed by atoms with Crippen LogP contribution in [0.1, 0.15) is 88.7 Å². The number of nitrogens with zero attached hydrogens (tertiary/aromatic N) is 1. The number of cyclic esters (lactones) is 2. The van der Waals surface area contributed by atoms with Crippen LogP contribution in [-0.2, 0) is 39.8 Å². The number of pyridine rings is 1. The predicted molar refractivity (Wildman–Crippen MR) is 171 cm³/mol. The van der Waals surface area contributed by atoms with Crippen molar-refractivity contribution in [3.8, 4) is 11.5 Å². The molecular weight excluding hydrogens is 608 g/mol. The maximum atomic E-state index is 13.5. The van der Waals surface area contributed by atoms with E-state index < -0.39 is 66.5 Å². The van der Waals surface area contributed by atoms with Gasteiger partial charge in [-0.05, 0) is 25.3 Å². The molecule has 12 heteroatoms. The van der Waals surface area contributed by atoms with Crippen molar-refractivity contribution in [1.29, 1.82) is 0 Å². The molecule has 4 atom stereocenters. The van der Waals surface area contributed by atoms with Crippen LogP contribution in [0, 0.1) is 11.8 Å². The lowest BCUT2D eigenvalue weighted by Gasteiger charge is -2.29. The number of methoxy groups -OCH3 is 1. The van der Waals surface area contributed by atoms with Gasteiger partial charge in [-0.3, -0.25) is 19.2 Å². The summed E-state index contributed by atoms with van der Waals surface area (Å²) in [7, 11) is 1.35. The standard InChI is InChI=1S/C35H46N2O10/c1-6-7-8-9-10-14-17-28(38)46-31-27(43-5)18-19-36-29(31)32(39)37-26-21-44-34(41)25(20-24-15-12-11-13-16-24)30(23(4)45-35(26)42)47-33(40)22(2)3/h11-13,15-16,18-19,22-23,25-26,30H,6-10,14,17,20-21H2,1-5H3,(H,37,39)/t23-,25+,26-,30?/m0/s1. The molecule has 3 rings (SSSR count). The van der Waals surface area contributed by atoms with Crippen LogP contribution in [0.4, 0.5) is 0 Å². The Labute approximate surface area is 275 Å². The number of hydrogen-bond donors (Lipinski definition) is 1. The van der Waals surface area contributed by atoms with Crippen LogP contribution in [0.2, 0.25) is 0 Å². The van der Waals surface area contributed by atoms with Crippen molar-refractivity contribution in [2.45, 2.75) is 97.3 Å². The zero-order valence-corrected chi connectivity index (χ0v) is 27.8.